The van der Waals surface area contributed by atoms with Crippen molar-refractivity contribution in [2.75, 3.05) is 4.90 Å². The summed E-state index contributed by atoms with van der Waals surface area (Å²) in [5.74, 6) is 0. The fraction of sp³-hybridized carbons (Fsp3) is 0.0968. The van der Waals surface area contributed by atoms with Gasteiger partial charge in [-0.05, 0) is 131 Å². The highest BCUT2D eigenvalue weighted by Crippen LogP contribution is 2.55. The van der Waals surface area contributed by atoms with E-state index in [1.807, 2.05) is 6.07 Å². The molecule has 2 nitrogen and oxygen atoms in total. The molecule has 1 heterocycles. The van der Waals surface area contributed by atoms with E-state index in [0.717, 1.165) is 39.0 Å². The molecule has 0 radical (unpaired) electrons. The van der Waals surface area contributed by atoms with Crippen LogP contribution in [0.3, 0.4) is 0 Å². The fourth-order valence-electron chi connectivity index (χ4n) is 11.5. The Morgan fingerprint density at radius 3 is 1.66 bits per heavy atom. The summed E-state index contributed by atoms with van der Waals surface area (Å²) in [7, 11) is 0. The van der Waals surface area contributed by atoms with Crippen LogP contribution in [0.25, 0.3) is 88.0 Å². The van der Waals surface area contributed by atoms with E-state index in [1.54, 1.807) is 0 Å². The number of anilines is 3. The molecule has 0 spiro atoms. The van der Waals surface area contributed by atoms with Gasteiger partial charge in [0.25, 0.3) is 0 Å². The zero-order valence-electron chi connectivity index (χ0n) is 36.4. The Balaban J connectivity index is 1.13. The lowest BCUT2D eigenvalue weighted by Crippen LogP contribution is -2.17. The molecule has 2 aliphatic carbocycles. The van der Waals surface area contributed by atoms with Gasteiger partial charge in [-0.2, -0.15) is 0 Å². The molecule has 10 aromatic carbocycles. The van der Waals surface area contributed by atoms with Crippen molar-refractivity contribution in [2.45, 2.75) is 38.5 Å². The first kappa shape index (κ1) is 36.9. The predicted molar refractivity (Wildman–Crippen MR) is 269 cm³/mol. The summed E-state index contributed by atoms with van der Waals surface area (Å²) in [4.78, 5) is 2.49. The van der Waals surface area contributed by atoms with Gasteiger partial charge in [0.1, 0.15) is 11.2 Å². The van der Waals surface area contributed by atoms with Crippen LogP contribution in [0.5, 0.6) is 0 Å². The number of hydrogen-bond acceptors (Lipinski definition) is 2. The van der Waals surface area contributed by atoms with Crippen molar-refractivity contribution in [3.63, 3.8) is 0 Å². The highest BCUT2D eigenvalue weighted by molar-refractivity contribution is 6.17. The molecular weight excluding hydrogens is 775 g/mol. The van der Waals surface area contributed by atoms with Crippen LogP contribution in [0.1, 0.15) is 49.9 Å². The van der Waals surface area contributed by atoms with E-state index < -0.39 is 0 Å². The van der Waals surface area contributed by atoms with Gasteiger partial charge in [-0.3, -0.25) is 0 Å². The molecule has 0 bridgehead atoms. The highest BCUT2D eigenvalue weighted by atomic mass is 16.3. The smallest absolute Gasteiger partial charge is 0.137 e. The Morgan fingerprint density at radius 2 is 0.891 bits per heavy atom. The quantitative estimate of drug-likeness (QED) is 0.161. The van der Waals surface area contributed by atoms with Crippen LogP contribution in [0, 0.1) is 0 Å². The van der Waals surface area contributed by atoms with Crippen LogP contribution in [0.4, 0.5) is 17.1 Å². The van der Waals surface area contributed by atoms with E-state index in [-0.39, 0.29) is 10.8 Å². The third-order valence-electron chi connectivity index (χ3n) is 14.7. The fourth-order valence-corrected chi connectivity index (χ4v) is 11.5. The first-order chi connectivity index (χ1) is 31.3. The number of furan rings is 1. The summed E-state index contributed by atoms with van der Waals surface area (Å²) in [6.45, 7) is 9.48. The van der Waals surface area contributed by atoms with Crippen LogP contribution < -0.4 is 4.90 Å². The molecule has 2 aliphatic rings. The van der Waals surface area contributed by atoms with Crippen molar-refractivity contribution in [1.82, 2.24) is 0 Å². The van der Waals surface area contributed by atoms with Gasteiger partial charge in [0.2, 0.25) is 0 Å². The summed E-state index contributed by atoms with van der Waals surface area (Å²) in [5, 5.41) is 7.18. The minimum absolute atomic E-state index is 0.141. The second-order valence-corrected chi connectivity index (χ2v) is 18.8. The molecule has 1 aromatic heterocycles. The van der Waals surface area contributed by atoms with Gasteiger partial charge in [0.15, 0.2) is 0 Å². The topological polar surface area (TPSA) is 16.4 Å². The third-order valence-corrected chi connectivity index (χ3v) is 14.7. The predicted octanol–water partition coefficient (Wildman–Crippen LogP) is 17.3. The van der Waals surface area contributed by atoms with E-state index in [0.29, 0.717) is 0 Å². The maximum atomic E-state index is 6.64. The van der Waals surface area contributed by atoms with E-state index in [9.17, 15) is 0 Å². The molecule has 0 saturated carbocycles. The van der Waals surface area contributed by atoms with E-state index in [1.165, 1.54) is 88.3 Å². The molecule has 2 heteroatoms. The van der Waals surface area contributed by atoms with Gasteiger partial charge in [-0.1, -0.05) is 173 Å². The van der Waals surface area contributed by atoms with Crippen LogP contribution in [-0.2, 0) is 10.8 Å². The minimum Gasteiger partial charge on any atom is -0.456 e. The average Bonchev–Trinajstić information content (AvgIpc) is 3.90. The Morgan fingerprint density at radius 1 is 0.344 bits per heavy atom. The molecule has 0 unspecified atom stereocenters. The molecule has 64 heavy (non-hydrogen) atoms. The number of rotatable bonds is 5. The standard InChI is InChI=1S/C62H45NO/c1-61(2)53-24-12-9-20-46(53)48-31-28-39(35-55(48)61)43-23-15-26-57(60(43)52-34-38-16-5-6-17-42(38)44-18-7-8-19-45(44)52)63(41-30-33-51-50-22-11-14-27-58(50)64-59(51)37-41)40-29-32-49-47-21-10-13-25-54(47)62(3,4)56(49)36-40/h5-37H,1-4H3. The monoisotopic (exact) mass is 819 g/mol. The van der Waals surface area contributed by atoms with Crippen LogP contribution >= 0.6 is 0 Å². The molecule has 304 valence electrons. The molecule has 0 atom stereocenters. The van der Waals surface area contributed by atoms with E-state index >= 15 is 0 Å². The second kappa shape index (κ2) is 13.4. The van der Waals surface area contributed by atoms with Gasteiger partial charge in [0, 0.05) is 44.6 Å². The highest BCUT2D eigenvalue weighted by Gasteiger charge is 2.37. The van der Waals surface area contributed by atoms with Gasteiger partial charge in [-0.25, -0.2) is 0 Å². The maximum absolute atomic E-state index is 6.64. The Hall–Kier alpha value is -7.68. The van der Waals surface area contributed by atoms with Gasteiger partial charge < -0.3 is 9.32 Å². The van der Waals surface area contributed by atoms with Gasteiger partial charge >= 0.3 is 0 Å². The Labute approximate surface area is 373 Å². The number of benzene rings is 10. The number of nitrogens with zero attached hydrogens (tertiary/aromatic N) is 1. The summed E-state index contributed by atoms with van der Waals surface area (Å²) >= 11 is 0. The molecule has 0 amide bonds. The van der Waals surface area contributed by atoms with E-state index in [2.05, 4.69) is 227 Å². The lowest BCUT2D eigenvalue weighted by atomic mass is 9.81. The van der Waals surface area contributed by atoms with Crippen molar-refractivity contribution < 1.29 is 4.42 Å². The molecule has 0 fully saturated rings. The van der Waals surface area contributed by atoms with Crippen molar-refractivity contribution in [2.24, 2.45) is 0 Å². The second-order valence-electron chi connectivity index (χ2n) is 18.8. The number of hydrogen-bond donors (Lipinski definition) is 0. The molecule has 0 saturated heterocycles. The lowest BCUT2D eigenvalue weighted by Gasteiger charge is -2.31. The molecule has 0 aliphatic heterocycles. The number of fused-ring (bicyclic) bond motifs is 12. The van der Waals surface area contributed by atoms with Gasteiger partial charge in [-0.15, -0.1) is 0 Å². The Kier molecular flexibility index (Phi) is 7.74. The van der Waals surface area contributed by atoms with Crippen LogP contribution in [0.15, 0.2) is 205 Å². The van der Waals surface area contributed by atoms with Crippen molar-refractivity contribution in [3.8, 4) is 44.5 Å². The molecular formula is C62H45NO. The third kappa shape index (κ3) is 5.20. The minimum atomic E-state index is -0.176. The summed E-state index contributed by atoms with van der Waals surface area (Å²) in [6.07, 6.45) is 0. The number of para-hydroxylation sites is 1. The maximum Gasteiger partial charge on any atom is 0.137 e. The molecule has 11 aromatic rings. The molecule has 13 rings (SSSR count). The molecule has 0 N–H and O–H groups in total. The summed E-state index contributed by atoms with van der Waals surface area (Å²) < 4.78 is 6.64. The van der Waals surface area contributed by atoms with E-state index in [4.69, 9.17) is 4.42 Å². The van der Waals surface area contributed by atoms with Gasteiger partial charge in [0.05, 0.1) is 5.69 Å². The summed E-state index contributed by atoms with van der Waals surface area (Å²) in [5.41, 5.74) is 20.2. The van der Waals surface area contributed by atoms with Crippen molar-refractivity contribution in [3.05, 3.63) is 222 Å². The van der Waals surface area contributed by atoms with Crippen LogP contribution in [-0.4, -0.2) is 0 Å². The average molecular weight is 820 g/mol. The normalized spacial score (nSPS) is 14.2. The lowest BCUT2D eigenvalue weighted by molar-refractivity contribution is 0.660. The first-order valence-corrected chi connectivity index (χ1v) is 22.5. The van der Waals surface area contributed by atoms with Crippen molar-refractivity contribution in [1.29, 1.82) is 0 Å². The van der Waals surface area contributed by atoms with Crippen LogP contribution in [0.2, 0.25) is 0 Å². The zero-order chi connectivity index (χ0) is 42.9. The SMILES string of the molecule is CC1(C)c2ccccc2-c2ccc(-c3cccc(N(c4ccc5c(c4)C(C)(C)c4ccccc4-5)c4ccc5c(c4)oc4ccccc45)c3-c3cc4ccccc4c4ccccc34)cc21. The Bertz CT molecular complexity index is 3750. The largest absolute Gasteiger partial charge is 0.456 e. The first-order valence-electron chi connectivity index (χ1n) is 22.5. The zero-order valence-corrected chi connectivity index (χ0v) is 36.4. The summed E-state index contributed by atoms with van der Waals surface area (Å²) in [6, 6.07) is 74.4. The van der Waals surface area contributed by atoms with Crippen molar-refractivity contribution >= 4 is 60.5 Å².